The molecule has 0 saturated carbocycles. The van der Waals surface area contributed by atoms with Gasteiger partial charge in [0.2, 0.25) is 0 Å². The quantitative estimate of drug-likeness (QED) is 0.739. The van der Waals surface area contributed by atoms with Gasteiger partial charge in [-0.05, 0) is 59.5 Å². The molecule has 1 heterocycles. The van der Waals surface area contributed by atoms with Crippen molar-refractivity contribution < 1.29 is 14.0 Å². The highest BCUT2D eigenvalue weighted by Crippen LogP contribution is 2.29. The van der Waals surface area contributed by atoms with Crippen LogP contribution in [-0.4, -0.2) is 43.3 Å². The number of hydrogen-bond donors (Lipinski definition) is 1. The maximum Gasteiger partial charge on any atom is 0.161 e. The highest BCUT2D eigenvalue weighted by atomic mass is 16.5. The summed E-state index contributed by atoms with van der Waals surface area (Å²) in [6.07, 6.45) is 0. The van der Waals surface area contributed by atoms with Gasteiger partial charge in [-0.3, -0.25) is 0 Å². The number of benzene rings is 1. The Labute approximate surface area is 156 Å². The predicted octanol–water partition coefficient (Wildman–Crippen LogP) is 3.31. The first-order valence-electron chi connectivity index (χ1n) is 8.84. The standard InChI is InChI=1S/C20H31N3O3/c1-14-17(15(2)26-22-14)12-25-18-9-8-16(10-19(18)24-7)11-21-13-20(3,4)23(5)6/h8-10,21H,11-13H2,1-7H3. The number of hydrogen-bond acceptors (Lipinski definition) is 6. The maximum absolute atomic E-state index is 5.93. The molecule has 0 unspecified atom stereocenters. The number of rotatable bonds is 9. The summed E-state index contributed by atoms with van der Waals surface area (Å²) in [6.45, 7) is 10.3. The average Bonchev–Trinajstić information content (AvgIpc) is 2.91. The van der Waals surface area contributed by atoms with E-state index in [1.54, 1.807) is 7.11 Å². The molecule has 0 saturated heterocycles. The molecular formula is C20H31N3O3. The predicted molar refractivity (Wildman–Crippen MR) is 103 cm³/mol. The lowest BCUT2D eigenvalue weighted by Crippen LogP contribution is -2.46. The van der Waals surface area contributed by atoms with Crippen molar-refractivity contribution in [3.63, 3.8) is 0 Å². The third kappa shape index (κ3) is 4.99. The van der Waals surface area contributed by atoms with E-state index in [9.17, 15) is 0 Å². The topological polar surface area (TPSA) is 59.8 Å². The van der Waals surface area contributed by atoms with Gasteiger partial charge >= 0.3 is 0 Å². The van der Waals surface area contributed by atoms with Crippen LogP contribution in [0.25, 0.3) is 0 Å². The summed E-state index contributed by atoms with van der Waals surface area (Å²) in [4.78, 5) is 2.21. The molecule has 0 amide bonds. The van der Waals surface area contributed by atoms with Crippen molar-refractivity contribution >= 4 is 0 Å². The Morgan fingerprint density at radius 2 is 1.92 bits per heavy atom. The molecule has 0 radical (unpaired) electrons. The van der Waals surface area contributed by atoms with E-state index in [2.05, 4.69) is 49.4 Å². The first-order valence-corrected chi connectivity index (χ1v) is 8.84. The van der Waals surface area contributed by atoms with Gasteiger partial charge in [-0.25, -0.2) is 0 Å². The Morgan fingerprint density at radius 1 is 1.19 bits per heavy atom. The number of likely N-dealkylation sites (N-methyl/N-ethyl adjacent to an activating group) is 1. The number of nitrogens with zero attached hydrogens (tertiary/aromatic N) is 2. The molecule has 1 aromatic heterocycles. The van der Waals surface area contributed by atoms with Gasteiger partial charge in [-0.1, -0.05) is 11.2 Å². The minimum atomic E-state index is 0.0987. The summed E-state index contributed by atoms with van der Waals surface area (Å²) in [5.41, 5.74) is 3.08. The highest BCUT2D eigenvalue weighted by molar-refractivity contribution is 5.43. The molecule has 0 spiro atoms. The third-order valence-corrected chi connectivity index (χ3v) is 4.88. The van der Waals surface area contributed by atoms with Crippen molar-refractivity contribution in [3.05, 3.63) is 40.8 Å². The van der Waals surface area contributed by atoms with Crippen LogP contribution in [0, 0.1) is 13.8 Å². The average molecular weight is 361 g/mol. The highest BCUT2D eigenvalue weighted by Gasteiger charge is 2.19. The van der Waals surface area contributed by atoms with Crippen LogP contribution in [0.15, 0.2) is 22.7 Å². The summed E-state index contributed by atoms with van der Waals surface area (Å²) in [5.74, 6) is 2.22. The zero-order chi connectivity index (χ0) is 19.3. The van der Waals surface area contributed by atoms with Crippen LogP contribution in [0.2, 0.25) is 0 Å². The van der Waals surface area contributed by atoms with E-state index in [-0.39, 0.29) is 5.54 Å². The van der Waals surface area contributed by atoms with Crippen molar-refractivity contribution in [1.82, 2.24) is 15.4 Å². The molecule has 0 aliphatic rings. The van der Waals surface area contributed by atoms with Gasteiger partial charge < -0.3 is 24.2 Å². The zero-order valence-electron chi connectivity index (χ0n) is 17.0. The van der Waals surface area contributed by atoms with Crippen molar-refractivity contribution in [1.29, 1.82) is 0 Å². The molecule has 26 heavy (non-hydrogen) atoms. The summed E-state index contributed by atoms with van der Waals surface area (Å²) in [6, 6.07) is 6.02. The van der Waals surface area contributed by atoms with E-state index >= 15 is 0 Å². The summed E-state index contributed by atoms with van der Waals surface area (Å²) >= 11 is 0. The minimum absolute atomic E-state index is 0.0987. The van der Waals surface area contributed by atoms with Crippen LogP contribution in [0.3, 0.4) is 0 Å². The third-order valence-electron chi connectivity index (χ3n) is 4.88. The molecule has 0 aliphatic carbocycles. The lowest BCUT2D eigenvalue weighted by atomic mass is 10.0. The summed E-state index contributed by atoms with van der Waals surface area (Å²) in [7, 11) is 5.84. The molecule has 2 aromatic rings. The fraction of sp³-hybridized carbons (Fsp3) is 0.550. The molecule has 1 aromatic carbocycles. The van der Waals surface area contributed by atoms with Gasteiger partial charge in [0, 0.05) is 18.6 Å². The van der Waals surface area contributed by atoms with Gasteiger partial charge in [0.25, 0.3) is 0 Å². The van der Waals surface area contributed by atoms with Gasteiger partial charge in [0.1, 0.15) is 12.4 Å². The molecule has 0 fully saturated rings. The largest absolute Gasteiger partial charge is 0.493 e. The van der Waals surface area contributed by atoms with E-state index in [0.717, 1.165) is 41.4 Å². The minimum Gasteiger partial charge on any atom is -0.493 e. The SMILES string of the molecule is COc1cc(CNCC(C)(C)N(C)C)ccc1OCc1c(C)noc1C. The van der Waals surface area contributed by atoms with E-state index in [1.807, 2.05) is 26.0 Å². The van der Waals surface area contributed by atoms with Crippen LogP contribution < -0.4 is 14.8 Å². The first-order chi connectivity index (χ1) is 12.2. The Morgan fingerprint density at radius 3 is 2.50 bits per heavy atom. The van der Waals surface area contributed by atoms with Crippen molar-refractivity contribution in [2.45, 2.75) is 46.4 Å². The van der Waals surface area contributed by atoms with E-state index in [1.165, 1.54) is 0 Å². The Hall–Kier alpha value is -2.05. The van der Waals surface area contributed by atoms with Crippen LogP contribution in [0.5, 0.6) is 11.5 Å². The number of nitrogens with one attached hydrogen (secondary N) is 1. The maximum atomic E-state index is 5.93. The smallest absolute Gasteiger partial charge is 0.161 e. The molecule has 0 atom stereocenters. The molecule has 6 nitrogen and oxygen atoms in total. The van der Waals surface area contributed by atoms with E-state index in [4.69, 9.17) is 14.0 Å². The summed E-state index contributed by atoms with van der Waals surface area (Å²) in [5, 5.41) is 7.46. The monoisotopic (exact) mass is 361 g/mol. The molecular weight excluding hydrogens is 330 g/mol. The van der Waals surface area contributed by atoms with Crippen LogP contribution in [0.4, 0.5) is 0 Å². The van der Waals surface area contributed by atoms with Crippen LogP contribution in [0.1, 0.15) is 36.4 Å². The number of aryl methyl sites for hydroxylation is 2. The van der Waals surface area contributed by atoms with Crippen LogP contribution in [-0.2, 0) is 13.2 Å². The molecule has 1 N–H and O–H groups in total. The second-order valence-corrected chi connectivity index (χ2v) is 7.39. The van der Waals surface area contributed by atoms with E-state index < -0.39 is 0 Å². The fourth-order valence-corrected chi connectivity index (χ4v) is 2.47. The lowest BCUT2D eigenvalue weighted by Gasteiger charge is -2.32. The van der Waals surface area contributed by atoms with Gasteiger partial charge in [0.05, 0.1) is 18.4 Å². The fourth-order valence-electron chi connectivity index (χ4n) is 2.47. The number of methoxy groups -OCH3 is 1. The second kappa shape index (κ2) is 8.56. The Balaban J connectivity index is 1.98. The molecule has 0 bridgehead atoms. The summed E-state index contributed by atoms with van der Waals surface area (Å²) < 4.78 is 16.6. The van der Waals surface area contributed by atoms with Gasteiger partial charge in [-0.15, -0.1) is 0 Å². The Kier molecular flexibility index (Phi) is 6.67. The Bertz CT molecular complexity index is 704. The molecule has 144 valence electrons. The number of aromatic nitrogens is 1. The van der Waals surface area contributed by atoms with E-state index in [0.29, 0.717) is 12.4 Å². The van der Waals surface area contributed by atoms with Crippen molar-refractivity contribution in [2.75, 3.05) is 27.7 Å². The van der Waals surface area contributed by atoms with Crippen LogP contribution >= 0.6 is 0 Å². The molecule has 6 heteroatoms. The second-order valence-electron chi connectivity index (χ2n) is 7.39. The zero-order valence-corrected chi connectivity index (χ0v) is 17.0. The molecule has 0 aliphatic heterocycles. The van der Waals surface area contributed by atoms with Gasteiger partial charge in [-0.2, -0.15) is 0 Å². The normalized spacial score (nSPS) is 11.8. The first kappa shape index (κ1) is 20.3. The van der Waals surface area contributed by atoms with Crippen molar-refractivity contribution in [2.24, 2.45) is 0 Å². The molecule has 2 rings (SSSR count). The van der Waals surface area contributed by atoms with Gasteiger partial charge in [0.15, 0.2) is 11.5 Å². The number of ether oxygens (including phenoxy) is 2. The lowest BCUT2D eigenvalue weighted by molar-refractivity contribution is 0.189. The van der Waals surface area contributed by atoms with Crippen molar-refractivity contribution in [3.8, 4) is 11.5 Å².